The summed E-state index contributed by atoms with van der Waals surface area (Å²) in [7, 11) is 1.61. The van der Waals surface area contributed by atoms with Crippen molar-refractivity contribution in [2.75, 3.05) is 7.11 Å². The number of hydrogen-bond donors (Lipinski definition) is 0. The smallest absolute Gasteiger partial charge is 0.258 e. The Bertz CT molecular complexity index is 1160. The lowest BCUT2D eigenvalue weighted by atomic mass is 10.0. The summed E-state index contributed by atoms with van der Waals surface area (Å²) in [6, 6.07) is 12.6. The molecule has 0 aliphatic carbocycles. The van der Waals surface area contributed by atoms with E-state index in [1.54, 1.807) is 26.3 Å². The molecule has 0 fully saturated rings. The third-order valence-corrected chi connectivity index (χ3v) is 5.19. The van der Waals surface area contributed by atoms with Gasteiger partial charge in [-0.3, -0.25) is 9.59 Å². The molecule has 7 heteroatoms. The van der Waals surface area contributed by atoms with Gasteiger partial charge >= 0.3 is 0 Å². The molecule has 0 bridgehead atoms. The molecule has 1 aliphatic heterocycles. The number of pyridine rings is 2. The van der Waals surface area contributed by atoms with Crippen LogP contribution < -0.4 is 10.3 Å². The first-order chi connectivity index (χ1) is 14.0. The number of amides is 1. The second kappa shape index (κ2) is 7.50. The summed E-state index contributed by atoms with van der Waals surface area (Å²) in [4.78, 5) is 29.8. The molecule has 0 spiro atoms. The number of benzene rings is 1. The van der Waals surface area contributed by atoms with Gasteiger partial charge in [-0.1, -0.05) is 19.1 Å². The molecule has 1 atom stereocenters. The van der Waals surface area contributed by atoms with E-state index in [1.807, 2.05) is 43.3 Å². The normalized spacial score (nSPS) is 16.2. The van der Waals surface area contributed by atoms with E-state index in [-0.39, 0.29) is 17.5 Å². The van der Waals surface area contributed by atoms with Crippen LogP contribution in [0.15, 0.2) is 58.6 Å². The fraction of sp³-hybridized carbons (Fsp3) is 0.273. The molecule has 148 valence electrons. The zero-order valence-corrected chi connectivity index (χ0v) is 16.6. The highest BCUT2D eigenvalue weighted by Crippen LogP contribution is 2.33. The minimum atomic E-state index is -0.282. The molecule has 1 amide bonds. The monoisotopic (exact) mass is 390 g/mol. The molecule has 7 nitrogen and oxygen atoms in total. The van der Waals surface area contributed by atoms with Gasteiger partial charge in [-0.05, 0) is 42.3 Å². The van der Waals surface area contributed by atoms with Crippen LogP contribution >= 0.6 is 0 Å². The lowest BCUT2D eigenvalue weighted by molar-refractivity contribution is -0.132. The van der Waals surface area contributed by atoms with Gasteiger partial charge in [0, 0.05) is 30.5 Å². The van der Waals surface area contributed by atoms with Gasteiger partial charge in [0.1, 0.15) is 17.2 Å². The summed E-state index contributed by atoms with van der Waals surface area (Å²) in [5.41, 5.74) is 2.15. The van der Waals surface area contributed by atoms with Crippen LogP contribution in [0.2, 0.25) is 0 Å². The third-order valence-electron chi connectivity index (χ3n) is 5.19. The highest BCUT2D eigenvalue weighted by atomic mass is 16.5. The van der Waals surface area contributed by atoms with Crippen LogP contribution in [0.4, 0.5) is 0 Å². The van der Waals surface area contributed by atoms with E-state index in [4.69, 9.17) is 4.74 Å². The number of carbonyl (C=O) groups is 1. The highest BCUT2D eigenvalue weighted by Gasteiger charge is 2.33. The molecule has 1 unspecified atom stereocenters. The van der Waals surface area contributed by atoms with E-state index in [9.17, 15) is 9.59 Å². The van der Waals surface area contributed by atoms with Gasteiger partial charge in [0.2, 0.25) is 5.91 Å². The Hall–Kier alpha value is -3.48. The maximum atomic E-state index is 12.8. The molecule has 3 heterocycles. The minimum Gasteiger partial charge on any atom is -0.497 e. The van der Waals surface area contributed by atoms with Gasteiger partial charge in [0.15, 0.2) is 0 Å². The van der Waals surface area contributed by atoms with Crippen molar-refractivity contribution < 1.29 is 9.53 Å². The summed E-state index contributed by atoms with van der Waals surface area (Å²) in [5, 5.41) is 6.93. The fourth-order valence-corrected chi connectivity index (χ4v) is 3.67. The second-order valence-corrected chi connectivity index (χ2v) is 6.98. The number of rotatable bonds is 3. The Morgan fingerprint density at radius 1 is 1.24 bits per heavy atom. The highest BCUT2D eigenvalue weighted by molar-refractivity contribution is 5.96. The van der Waals surface area contributed by atoms with Crippen LogP contribution in [0.1, 0.15) is 36.9 Å². The molecule has 0 saturated carbocycles. The largest absolute Gasteiger partial charge is 0.497 e. The van der Waals surface area contributed by atoms with E-state index in [1.165, 1.54) is 9.58 Å². The van der Waals surface area contributed by atoms with Crippen LogP contribution in [-0.4, -0.2) is 33.4 Å². The third kappa shape index (κ3) is 3.29. The Balaban J connectivity index is 1.82. The number of hydrazone groups is 1. The zero-order chi connectivity index (χ0) is 20.5. The van der Waals surface area contributed by atoms with Crippen molar-refractivity contribution in [2.45, 2.75) is 32.7 Å². The summed E-state index contributed by atoms with van der Waals surface area (Å²) in [5.74, 6) is 1.16. The Morgan fingerprint density at radius 3 is 2.69 bits per heavy atom. The molecule has 29 heavy (non-hydrogen) atoms. The average molecular weight is 390 g/mol. The summed E-state index contributed by atoms with van der Waals surface area (Å²) < 4.78 is 6.75. The molecule has 0 radical (unpaired) electrons. The molecule has 2 aromatic heterocycles. The molecular formula is C22H22N4O3. The second-order valence-electron chi connectivity index (χ2n) is 6.98. The van der Waals surface area contributed by atoms with Crippen molar-refractivity contribution in [3.8, 4) is 5.75 Å². The van der Waals surface area contributed by atoms with Gasteiger partial charge in [-0.15, -0.1) is 0 Å². The SMILES string of the molecule is CCC(=O)N1N=C(n2c(=O)cc(C)c3cccnc32)CC1c1ccc(OC)cc1. The first-order valence-electron chi connectivity index (χ1n) is 9.54. The molecule has 4 rings (SSSR count). The van der Waals surface area contributed by atoms with Crippen LogP contribution in [0.25, 0.3) is 11.0 Å². The predicted octanol–water partition coefficient (Wildman–Crippen LogP) is 3.26. The summed E-state index contributed by atoms with van der Waals surface area (Å²) >= 11 is 0. The van der Waals surface area contributed by atoms with Gasteiger partial charge in [-0.25, -0.2) is 14.6 Å². The number of aromatic nitrogens is 2. The van der Waals surface area contributed by atoms with Crippen molar-refractivity contribution in [1.82, 2.24) is 14.6 Å². The van der Waals surface area contributed by atoms with E-state index >= 15 is 0 Å². The van der Waals surface area contributed by atoms with E-state index in [0.29, 0.717) is 24.3 Å². The van der Waals surface area contributed by atoms with Crippen molar-refractivity contribution in [3.63, 3.8) is 0 Å². The van der Waals surface area contributed by atoms with Gasteiger partial charge in [-0.2, -0.15) is 5.10 Å². The molecular weight excluding hydrogens is 368 g/mol. The van der Waals surface area contributed by atoms with E-state index in [2.05, 4.69) is 10.1 Å². The maximum Gasteiger partial charge on any atom is 0.258 e. The Morgan fingerprint density at radius 2 is 2.00 bits per heavy atom. The average Bonchev–Trinajstić information content (AvgIpc) is 3.18. The van der Waals surface area contributed by atoms with Gasteiger partial charge in [0.05, 0.1) is 13.2 Å². The predicted molar refractivity (Wildman–Crippen MR) is 111 cm³/mol. The molecule has 0 saturated heterocycles. The fourth-order valence-electron chi connectivity index (χ4n) is 3.67. The van der Waals surface area contributed by atoms with Crippen molar-refractivity contribution >= 4 is 22.8 Å². The van der Waals surface area contributed by atoms with Crippen molar-refractivity contribution in [3.05, 3.63) is 70.1 Å². The molecule has 1 aromatic carbocycles. The number of aryl methyl sites for hydroxylation is 1. The van der Waals surface area contributed by atoms with Crippen LogP contribution in [0, 0.1) is 6.92 Å². The lowest BCUT2D eigenvalue weighted by Crippen LogP contribution is -2.27. The number of nitrogens with zero attached hydrogens (tertiary/aromatic N) is 4. The first kappa shape index (κ1) is 18.9. The number of hydrogen-bond acceptors (Lipinski definition) is 5. The number of methoxy groups -OCH3 is 1. The van der Waals surface area contributed by atoms with Gasteiger partial charge in [0.25, 0.3) is 5.56 Å². The number of ether oxygens (including phenoxy) is 1. The molecule has 1 aliphatic rings. The zero-order valence-electron chi connectivity index (χ0n) is 16.6. The molecule has 3 aromatic rings. The van der Waals surface area contributed by atoms with Crippen LogP contribution in [-0.2, 0) is 4.79 Å². The Kier molecular flexibility index (Phi) is 4.88. The topological polar surface area (TPSA) is 76.8 Å². The first-order valence-corrected chi connectivity index (χ1v) is 9.54. The maximum absolute atomic E-state index is 12.8. The quantitative estimate of drug-likeness (QED) is 0.688. The summed E-state index contributed by atoms with van der Waals surface area (Å²) in [6.45, 7) is 3.69. The van der Waals surface area contributed by atoms with E-state index in [0.717, 1.165) is 22.3 Å². The van der Waals surface area contributed by atoms with Crippen molar-refractivity contribution in [1.29, 1.82) is 0 Å². The van der Waals surface area contributed by atoms with Crippen LogP contribution in [0.3, 0.4) is 0 Å². The number of carbonyl (C=O) groups excluding carboxylic acids is 1. The van der Waals surface area contributed by atoms with Gasteiger partial charge < -0.3 is 4.74 Å². The van der Waals surface area contributed by atoms with Crippen molar-refractivity contribution in [2.24, 2.45) is 5.10 Å². The molecule has 0 N–H and O–H groups in total. The lowest BCUT2D eigenvalue weighted by Gasteiger charge is -2.21. The number of fused-ring (bicyclic) bond motifs is 1. The Labute approximate surface area is 168 Å². The summed E-state index contributed by atoms with van der Waals surface area (Å²) in [6.07, 6.45) is 2.40. The minimum absolute atomic E-state index is 0.0988. The van der Waals surface area contributed by atoms with Crippen LogP contribution in [0.5, 0.6) is 5.75 Å². The standard InChI is InChI=1S/C22H22N4O3/c1-4-20(27)26-18(15-7-9-16(29-3)10-8-15)13-19(24-26)25-21(28)12-14(2)17-6-5-11-23-22(17)25/h5-12,18H,4,13H2,1-3H3. The van der Waals surface area contributed by atoms with E-state index < -0.39 is 0 Å².